The van der Waals surface area contributed by atoms with Crippen LogP contribution in [-0.2, 0) is 0 Å². The van der Waals surface area contributed by atoms with Gasteiger partial charge in [0.2, 0.25) is 0 Å². The third-order valence-electron chi connectivity index (χ3n) is 3.70. The Kier molecular flexibility index (Phi) is 5.56. The van der Waals surface area contributed by atoms with Gasteiger partial charge in [-0.05, 0) is 44.2 Å². The fourth-order valence-electron chi connectivity index (χ4n) is 2.53. The van der Waals surface area contributed by atoms with E-state index in [1.807, 2.05) is 0 Å². The lowest BCUT2D eigenvalue weighted by molar-refractivity contribution is 0.902. The van der Waals surface area contributed by atoms with Crippen LogP contribution in [0.25, 0.3) is 5.70 Å². The lowest BCUT2D eigenvalue weighted by atomic mass is 9.95. The number of hydrogen-bond acceptors (Lipinski definition) is 1. The van der Waals surface area contributed by atoms with Crippen molar-refractivity contribution >= 4 is 12.0 Å². The first-order chi connectivity index (χ1) is 10.2. The highest BCUT2D eigenvalue weighted by Gasteiger charge is 2.08. The molecule has 0 saturated heterocycles. The molecule has 2 rings (SSSR count). The summed E-state index contributed by atoms with van der Waals surface area (Å²) in [5, 5.41) is 3.34. The Morgan fingerprint density at radius 3 is 2.67 bits per heavy atom. The van der Waals surface area contributed by atoms with Crippen LogP contribution in [-0.4, -0.2) is 13.4 Å². The topological polar surface area (TPSA) is 24.4 Å². The fraction of sp³-hybridized carbons (Fsp3) is 0.316. The summed E-state index contributed by atoms with van der Waals surface area (Å²) < 4.78 is 0. The van der Waals surface area contributed by atoms with Gasteiger partial charge >= 0.3 is 0 Å². The lowest BCUT2D eigenvalue weighted by Gasteiger charge is -2.15. The van der Waals surface area contributed by atoms with Gasteiger partial charge in [0.25, 0.3) is 0 Å². The smallest absolute Gasteiger partial charge is 0.0864 e. The first-order valence-corrected chi connectivity index (χ1v) is 7.49. The number of allylic oxidation sites excluding steroid dienone is 5. The maximum Gasteiger partial charge on any atom is 0.0864 e. The molecular formula is C19H24N2. The van der Waals surface area contributed by atoms with Gasteiger partial charge in [0.15, 0.2) is 0 Å². The van der Waals surface area contributed by atoms with Crippen LogP contribution < -0.4 is 5.32 Å². The molecule has 0 fully saturated rings. The number of benzene rings is 1. The Morgan fingerprint density at radius 1 is 1.29 bits per heavy atom. The second-order valence-electron chi connectivity index (χ2n) is 5.52. The molecule has 0 spiro atoms. The molecule has 1 N–H and O–H groups in total. The average Bonchev–Trinajstić information content (AvgIpc) is 2.50. The Labute approximate surface area is 128 Å². The van der Waals surface area contributed by atoms with Gasteiger partial charge in [-0.3, -0.25) is 4.99 Å². The van der Waals surface area contributed by atoms with Gasteiger partial charge in [0, 0.05) is 12.7 Å². The van der Waals surface area contributed by atoms with Crippen molar-refractivity contribution < 1.29 is 0 Å². The predicted molar refractivity (Wildman–Crippen MR) is 92.4 cm³/mol. The van der Waals surface area contributed by atoms with E-state index in [0.29, 0.717) is 0 Å². The van der Waals surface area contributed by atoms with E-state index in [0.717, 1.165) is 25.0 Å². The van der Waals surface area contributed by atoms with Crippen LogP contribution in [0.1, 0.15) is 37.3 Å². The molecule has 0 bridgehead atoms. The molecule has 1 aromatic rings. The second-order valence-corrected chi connectivity index (χ2v) is 5.52. The highest BCUT2D eigenvalue weighted by Crippen LogP contribution is 2.25. The standard InChI is InChI=1S/C19H24N2/c1-15-9-11-18(12-10-15)19(21-14-20-3)16(2)13-17-7-5-4-6-8-17/h4-5,7,9-12,14H,6,8,13H2,1-3H3,(H,20,21)/b19-16+. The number of nitrogens with zero attached hydrogens (tertiary/aromatic N) is 1. The molecule has 21 heavy (non-hydrogen) atoms. The molecule has 1 aliphatic rings. The van der Waals surface area contributed by atoms with Gasteiger partial charge in [0.1, 0.15) is 0 Å². The lowest BCUT2D eigenvalue weighted by Crippen LogP contribution is -2.12. The molecule has 2 nitrogen and oxygen atoms in total. The van der Waals surface area contributed by atoms with Crippen molar-refractivity contribution in [2.45, 2.75) is 33.1 Å². The Bertz CT molecular complexity index is 586. The van der Waals surface area contributed by atoms with Crippen molar-refractivity contribution in [3.8, 4) is 0 Å². The maximum atomic E-state index is 4.05. The third kappa shape index (κ3) is 4.45. The third-order valence-corrected chi connectivity index (χ3v) is 3.70. The van der Waals surface area contributed by atoms with Crippen molar-refractivity contribution in [1.29, 1.82) is 0 Å². The van der Waals surface area contributed by atoms with Crippen LogP contribution in [0.2, 0.25) is 0 Å². The van der Waals surface area contributed by atoms with Crippen molar-refractivity contribution in [1.82, 2.24) is 5.32 Å². The quantitative estimate of drug-likeness (QED) is 0.616. The SMILES string of the molecule is CN=CN/C(=C(\C)CC1=CC=CCC1)c1ccc(C)cc1. The van der Waals surface area contributed by atoms with E-state index in [2.05, 4.69) is 66.7 Å². The van der Waals surface area contributed by atoms with E-state index >= 15 is 0 Å². The Hall–Kier alpha value is -2.09. The Balaban J connectivity index is 2.28. The van der Waals surface area contributed by atoms with Crippen molar-refractivity contribution in [2.24, 2.45) is 4.99 Å². The normalized spacial score (nSPS) is 15.9. The van der Waals surface area contributed by atoms with Crippen LogP contribution >= 0.6 is 0 Å². The molecule has 0 radical (unpaired) electrons. The monoisotopic (exact) mass is 280 g/mol. The van der Waals surface area contributed by atoms with Crippen LogP contribution in [0.5, 0.6) is 0 Å². The summed E-state index contributed by atoms with van der Waals surface area (Å²) in [5.41, 5.74) is 6.50. The molecule has 0 heterocycles. The van der Waals surface area contributed by atoms with Crippen LogP contribution in [0.4, 0.5) is 0 Å². The number of nitrogens with one attached hydrogen (secondary N) is 1. The van der Waals surface area contributed by atoms with Gasteiger partial charge in [-0.1, -0.05) is 53.6 Å². The summed E-state index contributed by atoms with van der Waals surface area (Å²) in [6.07, 6.45) is 11.7. The zero-order valence-corrected chi connectivity index (χ0v) is 13.2. The van der Waals surface area contributed by atoms with Gasteiger partial charge in [-0.2, -0.15) is 0 Å². The summed E-state index contributed by atoms with van der Waals surface area (Å²) in [6.45, 7) is 4.31. The number of rotatable bonds is 5. The van der Waals surface area contributed by atoms with Crippen LogP contribution in [0.15, 0.2) is 58.6 Å². The number of hydrogen-bond donors (Lipinski definition) is 1. The zero-order chi connectivity index (χ0) is 15.1. The first-order valence-electron chi connectivity index (χ1n) is 7.49. The van der Waals surface area contributed by atoms with Gasteiger partial charge in [0.05, 0.1) is 6.34 Å². The summed E-state index contributed by atoms with van der Waals surface area (Å²) >= 11 is 0. The highest BCUT2D eigenvalue weighted by atomic mass is 14.9. The molecule has 0 aromatic heterocycles. The Morgan fingerprint density at radius 2 is 2.05 bits per heavy atom. The molecule has 0 amide bonds. The van der Waals surface area contributed by atoms with E-state index < -0.39 is 0 Å². The molecular weight excluding hydrogens is 256 g/mol. The predicted octanol–water partition coefficient (Wildman–Crippen LogP) is 4.64. The van der Waals surface area contributed by atoms with E-state index in [4.69, 9.17) is 0 Å². The van der Waals surface area contributed by atoms with Crippen molar-refractivity contribution in [3.05, 3.63) is 64.8 Å². The molecule has 1 aliphatic carbocycles. The summed E-state index contributed by atoms with van der Waals surface area (Å²) in [5.74, 6) is 0. The molecule has 0 atom stereocenters. The highest BCUT2D eigenvalue weighted by molar-refractivity contribution is 5.77. The molecule has 0 aliphatic heterocycles. The van der Waals surface area contributed by atoms with E-state index in [-0.39, 0.29) is 0 Å². The van der Waals surface area contributed by atoms with Crippen molar-refractivity contribution in [3.63, 3.8) is 0 Å². The molecule has 0 unspecified atom stereocenters. The van der Waals surface area contributed by atoms with Crippen LogP contribution in [0.3, 0.4) is 0 Å². The van der Waals surface area contributed by atoms with Gasteiger partial charge in [-0.15, -0.1) is 0 Å². The molecule has 1 aromatic carbocycles. The van der Waals surface area contributed by atoms with Crippen molar-refractivity contribution in [2.75, 3.05) is 7.05 Å². The van der Waals surface area contributed by atoms with Gasteiger partial charge in [-0.25, -0.2) is 0 Å². The number of aryl methyl sites for hydroxylation is 1. The zero-order valence-electron chi connectivity index (χ0n) is 13.2. The minimum Gasteiger partial charge on any atom is -0.346 e. The minimum absolute atomic E-state index is 1.01. The molecule has 2 heteroatoms. The summed E-state index contributed by atoms with van der Waals surface area (Å²) in [7, 11) is 1.78. The molecule has 0 saturated carbocycles. The number of aliphatic imine (C=N–C) groups is 1. The second kappa shape index (κ2) is 7.63. The van der Waals surface area contributed by atoms with E-state index in [9.17, 15) is 0 Å². The largest absolute Gasteiger partial charge is 0.346 e. The van der Waals surface area contributed by atoms with Crippen LogP contribution in [0, 0.1) is 6.92 Å². The first kappa shape index (κ1) is 15.3. The summed E-state index contributed by atoms with van der Waals surface area (Å²) in [4.78, 5) is 4.05. The molecule has 110 valence electrons. The minimum atomic E-state index is 1.01. The average molecular weight is 280 g/mol. The van der Waals surface area contributed by atoms with E-state index in [1.54, 1.807) is 13.4 Å². The van der Waals surface area contributed by atoms with Gasteiger partial charge < -0.3 is 5.32 Å². The van der Waals surface area contributed by atoms with E-state index in [1.165, 1.54) is 22.3 Å². The fourth-order valence-corrected chi connectivity index (χ4v) is 2.53. The maximum absolute atomic E-state index is 4.05. The summed E-state index contributed by atoms with van der Waals surface area (Å²) in [6, 6.07) is 8.63.